The van der Waals surface area contributed by atoms with E-state index in [2.05, 4.69) is 15.0 Å². The molecule has 0 unspecified atom stereocenters. The van der Waals surface area contributed by atoms with Gasteiger partial charge in [-0.15, -0.1) is 11.3 Å². The third kappa shape index (κ3) is 3.85. The van der Waals surface area contributed by atoms with Crippen LogP contribution in [0, 0.1) is 6.92 Å². The normalized spacial score (nSPS) is 10.5. The highest BCUT2D eigenvalue weighted by Gasteiger charge is 2.20. The van der Waals surface area contributed by atoms with E-state index < -0.39 is 5.97 Å². The van der Waals surface area contributed by atoms with Gasteiger partial charge in [0.15, 0.2) is 10.8 Å². The highest BCUT2D eigenvalue weighted by molar-refractivity contribution is 7.17. The number of hydrogen-bond acceptors (Lipinski definition) is 6. The molecule has 2 rings (SSSR count). The van der Waals surface area contributed by atoms with Crippen LogP contribution in [-0.4, -0.2) is 50.4 Å². The Hall–Kier alpha value is -2.35. The van der Waals surface area contributed by atoms with Gasteiger partial charge in [0.05, 0.1) is 5.69 Å². The molecule has 22 heavy (non-hydrogen) atoms. The Labute approximate surface area is 131 Å². The molecule has 116 valence electrons. The van der Waals surface area contributed by atoms with Gasteiger partial charge in [-0.25, -0.2) is 15.0 Å². The summed E-state index contributed by atoms with van der Waals surface area (Å²) < 4.78 is 0. The molecule has 0 spiro atoms. The van der Waals surface area contributed by atoms with E-state index in [1.165, 1.54) is 16.2 Å². The lowest BCUT2D eigenvalue weighted by atomic mass is 10.3. The van der Waals surface area contributed by atoms with E-state index >= 15 is 0 Å². The largest absolute Gasteiger partial charge is 0.481 e. The first-order valence-electron chi connectivity index (χ1n) is 6.71. The highest BCUT2D eigenvalue weighted by atomic mass is 32.1. The number of aryl methyl sites for hydroxylation is 1. The molecule has 1 N–H and O–H groups in total. The second-order valence-corrected chi connectivity index (χ2v) is 5.73. The monoisotopic (exact) mass is 320 g/mol. The lowest BCUT2D eigenvalue weighted by Gasteiger charge is -2.15. The van der Waals surface area contributed by atoms with Crippen LogP contribution in [0.1, 0.15) is 28.2 Å². The van der Waals surface area contributed by atoms with E-state index in [0.29, 0.717) is 34.4 Å². The maximum absolute atomic E-state index is 12.4. The van der Waals surface area contributed by atoms with E-state index in [9.17, 15) is 9.59 Å². The molecule has 7 nitrogen and oxygen atoms in total. The minimum Gasteiger partial charge on any atom is -0.481 e. The fourth-order valence-corrected chi connectivity index (χ4v) is 2.85. The van der Waals surface area contributed by atoms with E-state index in [4.69, 9.17) is 5.11 Å². The van der Waals surface area contributed by atoms with Crippen LogP contribution in [0.15, 0.2) is 18.5 Å². The molecule has 0 saturated heterocycles. The molecule has 1 amide bonds. The van der Waals surface area contributed by atoms with Crippen molar-refractivity contribution in [3.63, 3.8) is 0 Å². The van der Waals surface area contributed by atoms with Crippen LogP contribution >= 0.6 is 11.3 Å². The number of carboxylic acids is 1. The van der Waals surface area contributed by atoms with Gasteiger partial charge in [-0.1, -0.05) is 0 Å². The molecule has 2 heterocycles. The van der Waals surface area contributed by atoms with Crippen molar-refractivity contribution in [3.05, 3.63) is 29.0 Å². The number of aromatic nitrogens is 3. The first-order chi connectivity index (χ1) is 10.5. The fraction of sp³-hybridized carbons (Fsp3) is 0.357. The molecule has 0 atom stereocenters. The van der Waals surface area contributed by atoms with Crippen molar-refractivity contribution < 1.29 is 14.7 Å². The molecule has 0 aliphatic carbocycles. The van der Waals surface area contributed by atoms with Crippen LogP contribution in [0.3, 0.4) is 0 Å². The topological polar surface area (TPSA) is 96.3 Å². The molecular weight excluding hydrogens is 304 g/mol. The maximum Gasteiger partial charge on any atom is 0.303 e. The third-order valence-electron chi connectivity index (χ3n) is 2.98. The molecule has 0 fully saturated rings. The average molecular weight is 320 g/mol. The quantitative estimate of drug-likeness (QED) is 0.872. The summed E-state index contributed by atoms with van der Waals surface area (Å²) in [7, 11) is 1.65. The molecule has 0 saturated carbocycles. The molecule has 0 aliphatic rings. The van der Waals surface area contributed by atoms with E-state index in [-0.39, 0.29) is 12.3 Å². The van der Waals surface area contributed by atoms with Crippen LogP contribution in [0.4, 0.5) is 0 Å². The average Bonchev–Trinajstić information content (AvgIpc) is 2.89. The van der Waals surface area contributed by atoms with Crippen molar-refractivity contribution in [2.24, 2.45) is 0 Å². The number of carboxylic acid groups (broad SMARTS) is 1. The van der Waals surface area contributed by atoms with Crippen molar-refractivity contribution in [2.45, 2.75) is 19.8 Å². The lowest BCUT2D eigenvalue weighted by Crippen LogP contribution is -2.27. The number of thiazole rings is 1. The molecule has 2 aromatic heterocycles. The zero-order valence-electron chi connectivity index (χ0n) is 12.3. The zero-order valence-corrected chi connectivity index (χ0v) is 13.1. The smallest absolute Gasteiger partial charge is 0.303 e. The Bertz CT molecular complexity index is 672. The van der Waals surface area contributed by atoms with Gasteiger partial charge in [0.2, 0.25) is 0 Å². The number of hydrogen-bond donors (Lipinski definition) is 1. The van der Waals surface area contributed by atoms with Crippen molar-refractivity contribution in [2.75, 3.05) is 13.6 Å². The third-order valence-corrected chi connectivity index (χ3v) is 4.12. The second-order valence-electron chi connectivity index (χ2n) is 4.73. The Morgan fingerprint density at radius 1 is 1.32 bits per heavy atom. The minimum absolute atomic E-state index is 0.0440. The lowest BCUT2D eigenvalue weighted by molar-refractivity contribution is -0.137. The first kappa shape index (κ1) is 16.0. The number of nitrogens with zero attached hydrogens (tertiary/aromatic N) is 4. The van der Waals surface area contributed by atoms with Crippen molar-refractivity contribution in [1.82, 2.24) is 19.9 Å². The number of carbonyl (C=O) groups is 2. The summed E-state index contributed by atoms with van der Waals surface area (Å²) in [4.78, 5) is 37.5. The molecule has 0 aromatic carbocycles. The minimum atomic E-state index is -0.863. The van der Waals surface area contributed by atoms with Crippen molar-refractivity contribution >= 4 is 23.2 Å². The predicted octanol–water partition coefficient (Wildman–Crippen LogP) is 1.85. The molecule has 8 heteroatoms. The summed E-state index contributed by atoms with van der Waals surface area (Å²) in [5.74, 6) is -0.538. The SMILES string of the molecule is Cc1nc(-c2ncccn2)sc1C(=O)N(C)CCCC(=O)O. The van der Waals surface area contributed by atoms with Crippen LogP contribution < -0.4 is 0 Å². The first-order valence-corrected chi connectivity index (χ1v) is 7.52. The fourth-order valence-electron chi connectivity index (χ4n) is 1.84. The number of carbonyl (C=O) groups excluding carboxylic acids is 1. The molecular formula is C14H16N4O3S. The molecule has 2 aromatic rings. The van der Waals surface area contributed by atoms with Gasteiger partial charge in [0, 0.05) is 32.4 Å². The Kier molecular flexibility index (Phi) is 5.16. The number of aliphatic carboxylic acids is 1. The van der Waals surface area contributed by atoms with E-state index in [1.54, 1.807) is 32.4 Å². The predicted molar refractivity (Wildman–Crippen MR) is 81.7 cm³/mol. The van der Waals surface area contributed by atoms with Gasteiger partial charge in [-0.2, -0.15) is 0 Å². The van der Waals surface area contributed by atoms with Crippen LogP contribution in [0.25, 0.3) is 10.8 Å². The molecule has 0 bridgehead atoms. The van der Waals surface area contributed by atoms with Gasteiger partial charge in [-0.05, 0) is 19.4 Å². The summed E-state index contributed by atoms with van der Waals surface area (Å²) >= 11 is 1.25. The summed E-state index contributed by atoms with van der Waals surface area (Å²) in [5.41, 5.74) is 0.627. The highest BCUT2D eigenvalue weighted by Crippen LogP contribution is 2.26. The Morgan fingerprint density at radius 3 is 2.64 bits per heavy atom. The summed E-state index contributed by atoms with van der Waals surface area (Å²) in [6, 6.07) is 1.71. The Morgan fingerprint density at radius 2 is 2.00 bits per heavy atom. The van der Waals surface area contributed by atoms with E-state index in [1.807, 2.05) is 0 Å². The molecule has 0 radical (unpaired) electrons. The van der Waals surface area contributed by atoms with Gasteiger partial charge < -0.3 is 10.0 Å². The number of rotatable bonds is 6. The van der Waals surface area contributed by atoms with Gasteiger partial charge >= 0.3 is 5.97 Å². The number of amides is 1. The van der Waals surface area contributed by atoms with Crippen LogP contribution in [0.5, 0.6) is 0 Å². The van der Waals surface area contributed by atoms with Crippen molar-refractivity contribution in [1.29, 1.82) is 0 Å². The summed E-state index contributed by atoms with van der Waals surface area (Å²) in [6.45, 7) is 2.15. The summed E-state index contributed by atoms with van der Waals surface area (Å²) in [5, 5.41) is 9.23. The maximum atomic E-state index is 12.4. The molecule has 0 aliphatic heterocycles. The van der Waals surface area contributed by atoms with Gasteiger partial charge in [0.25, 0.3) is 5.91 Å². The van der Waals surface area contributed by atoms with E-state index in [0.717, 1.165) is 0 Å². The summed E-state index contributed by atoms with van der Waals surface area (Å²) in [6.07, 6.45) is 3.71. The van der Waals surface area contributed by atoms with Crippen LogP contribution in [-0.2, 0) is 4.79 Å². The standard InChI is InChI=1S/C14H16N4O3S/c1-9-11(14(21)18(2)8-3-5-10(19)20)22-13(17-9)12-15-6-4-7-16-12/h4,6-7H,3,5,8H2,1-2H3,(H,19,20). The van der Waals surface area contributed by atoms with Crippen LogP contribution in [0.2, 0.25) is 0 Å². The second kappa shape index (κ2) is 7.08. The Balaban J connectivity index is 2.10. The van der Waals surface area contributed by atoms with Gasteiger partial charge in [-0.3, -0.25) is 9.59 Å². The van der Waals surface area contributed by atoms with Gasteiger partial charge in [0.1, 0.15) is 4.88 Å². The van der Waals surface area contributed by atoms with Crippen molar-refractivity contribution in [3.8, 4) is 10.8 Å². The zero-order chi connectivity index (χ0) is 16.1.